The molecule has 84 valence electrons. The van der Waals surface area contributed by atoms with Crippen LogP contribution in [0.5, 0.6) is 0 Å². The van der Waals surface area contributed by atoms with Crippen LogP contribution in [0.2, 0.25) is 0 Å². The van der Waals surface area contributed by atoms with Crippen LogP contribution in [0.25, 0.3) is 0 Å². The Bertz CT molecular complexity index is 171. The van der Waals surface area contributed by atoms with Gasteiger partial charge in [-0.1, -0.05) is 11.6 Å². The normalized spacial score (nSPS) is 13.4. The number of rotatable bonds is 7. The van der Waals surface area contributed by atoms with Crippen LogP contribution >= 0.6 is 0 Å². The van der Waals surface area contributed by atoms with Gasteiger partial charge in [-0.05, 0) is 40.0 Å². The number of hydrogen-bond acceptors (Lipinski definition) is 2. The lowest BCUT2D eigenvalue weighted by Crippen LogP contribution is -2.21. The molecular formula is C12H24O2. The third-order valence-corrected chi connectivity index (χ3v) is 2.49. The molecule has 2 nitrogen and oxygen atoms in total. The van der Waals surface area contributed by atoms with Crippen LogP contribution in [-0.4, -0.2) is 26.4 Å². The Balaban J connectivity index is 3.69. The van der Waals surface area contributed by atoms with Crippen molar-refractivity contribution in [3.8, 4) is 0 Å². The molecule has 0 N–H and O–H groups in total. The zero-order valence-electron chi connectivity index (χ0n) is 10.2. The van der Waals surface area contributed by atoms with Crippen molar-refractivity contribution in [2.24, 2.45) is 0 Å². The maximum absolute atomic E-state index is 5.35. The Hall–Kier alpha value is -0.340. The Morgan fingerprint density at radius 3 is 2.43 bits per heavy atom. The van der Waals surface area contributed by atoms with Gasteiger partial charge in [0.25, 0.3) is 0 Å². The summed E-state index contributed by atoms with van der Waals surface area (Å²) >= 11 is 0. The Morgan fingerprint density at radius 2 is 1.93 bits per heavy atom. The van der Waals surface area contributed by atoms with E-state index in [2.05, 4.69) is 26.8 Å². The number of ether oxygens (including phenoxy) is 2. The first-order valence-electron chi connectivity index (χ1n) is 5.21. The zero-order chi connectivity index (χ0) is 11.0. The summed E-state index contributed by atoms with van der Waals surface area (Å²) in [5, 5.41) is 0. The fourth-order valence-electron chi connectivity index (χ4n) is 1.13. The van der Waals surface area contributed by atoms with Gasteiger partial charge in [0.05, 0.1) is 5.60 Å². The lowest BCUT2D eigenvalue weighted by Gasteiger charge is -2.21. The van der Waals surface area contributed by atoms with Crippen LogP contribution < -0.4 is 0 Å². The summed E-state index contributed by atoms with van der Waals surface area (Å²) in [6.45, 7) is 7.20. The Morgan fingerprint density at radius 1 is 1.29 bits per heavy atom. The summed E-state index contributed by atoms with van der Waals surface area (Å²) in [4.78, 5) is 0. The third-order valence-electron chi connectivity index (χ3n) is 2.49. The highest BCUT2D eigenvalue weighted by Gasteiger charge is 2.14. The average molecular weight is 200 g/mol. The van der Waals surface area contributed by atoms with Crippen LogP contribution in [0.1, 0.15) is 40.0 Å². The maximum atomic E-state index is 5.35. The zero-order valence-corrected chi connectivity index (χ0v) is 10.2. The van der Waals surface area contributed by atoms with E-state index in [1.807, 2.05) is 0 Å². The molecule has 0 bridgehead atoms. The highest BCUT2D eigenvalue weighted by Crippen LogP contribution is 2.16. The van der Waals surface area contributed by atoms with Gasteiger partial charge in [-0.3, -0.25) is 0 Å². The van der Waals surface area contributed by atoms with Crippen LogP contribution in [0.15, 0.2) is 11.6 Å². The summed E-state index contributed by atoms with van der Waals surface area (Å²) < 4.78 is 10.4. The van der Waals surface area contributed by atoms with Crippen molar-refractivity contribution in [1.82, 2.24) is 0 Å². The Labute approximate surface area is 88.3 Å². The first kappa shape index (κ1) is 13.7. The molecule has 0 saturated carbocycles. The molecule has 0 aromatic rings. The average Bonchev–Trinajstić information content (AvgIpc) is 2.14. The van der Waals surface area contributed by atoms with Crippen molar-refractivity contribution in [1.29, 1.82) is 0 Å². The highest BCUT2D eigenvalue weighted by atomic mass is 16.5. The minimum atomic E-state index is -0.00195. The molecule has 0 unspecified atom stereocenters. The topological polar surface area (TPSA) is 18.5 Å². The van der Waals surface area contributed by atoms with Gasteiger partial charge in [-0.15, -0.1) is 0 Å². The van der Waals surface area contributed by atoms with Crippen LogP contribution in [0, 0.1) is 0 Å². The molecule has 0 saturated heterocycles. The van der Waals surface area contributed by atoms with Gasteiger partial charge in [0, 0.05) is 20.8 Å². The molecule has 2 heteroatoms. The Kier molecular flexibility index (Phi) is 6.85. The maximum Gasteiger partial charge on any atom is 0.0625 e. The van der Waals surface area contributed by atoms with Gasteiger partial charge in [0.2, 0.25) is 0 Å². The van der Waals surface area contributed by atoms with Crippen molar-refractivity contribution >= 4 is 0 Å². The lowest BCUT2D eigenvalue weighted by molar-refractivity contribution is 0.0163. The van der Waals surface area contributed by atoms with E-state index >= 15 is 0 Å². The standard InChI is InChI=1S/C12H24O2/c1-11(8-10-13-4)7-6-9-12(2,3)14-5/h7H,6,8-10H2,1-5H3/b11-7+. The lowest BCUT2D eigenvalue weighted by atomic mass is 10.0. The predicted molar refractivity (Wildman–Crippen MR) is 60.6 cm³/mol. The third kappa shape index (κ3) is 7.10. The molecule has 0 heterocycles. The van der Waals surface area contributed by atoms with Gasteiger partial charge in [-0.25, -0.2) is 0 Å². The molecule has 0 atom stereocenters. The molecule has 0 rings (SSSR count). The molecule has 0 spiro atoms. The van der Waals surface area contributed by atoms with Crippen molar-refractivity contribution in [3.63, 3.8) is 0 Å². The SMILES string of the molecule is COCC/C(C)=C/CCC(C)(C)OC. The van der Waals surface area contributed by atoms with Crippen molar-refractivity contribution in [3.05, 3.63) is 11.6 Å². The minimum Gasteiger partial charge on any atom is -0.384 e. The number of methoxy groups -OCH3 is 2. The van der Waals surface area contributed by atoms with Crippen molar-refractivity contribution in [2.45, 2.75) is 45.6 Å². The van der Waals surface area contributed by atoms with E-state index in [0.29, 0.717) is 0 Å². The molecule has 0 aromatic carbocycles. The van der Waals surface area contributed by atoms with E-state index in [9.17, 15) is 0 Å². The van der Waals surface area contributed by atoms with Crippen molar-refractivity contribution in [2.75, 3.05) is 20.8 Å². The van der Waals surface area contributed by atoms with Gasteiger partial charge in [-0.2, -0.15) is 0 Å². The van der Waals surface area contributed by atoms with E-state index in [1.54, 1.807) is 14.2 Å². The fourth-order valence-corrected chi connectivity index (χ4v) is 1.13. The van der Waals surface area contributed by atoms with Gasteiger partial charge in [0.1, 0.15) is 0 Å². The number of allylic oxidation sites excluding steroid dienone is 1. The first-order valence-corrected chi connectivity index (χ1v) is 5.21. The summed E-state index contributed by atoms with van der Waals surface area (Å²) in [7, 11) is 3.50. The van der Waals surface area contributed by atoms with Gasteiger partial charge in [0.15, 0.2) is 0 Å². The molecule has 0 radical (unpaired) electrons. The molecule has 0 aliphatic rings. The van der Waals surface area contributed by atoms with E-state index < -0.39 is 0 Å². The fraction of sp³-hybridized carbons (Fsp3) is 0.833. The number of hydrogen-bond donors (Lipinski definition) is 0. The van der Waals surface area contributed by atoms with Crippen LogP contribution in [0.4, 0.5) is 0 Å². The highest BCUT2D eigenvalue weighted by molar-refractivity contribution is 4.98. The van der Waals surface area contributed by atoms with Gasteiger partial charge >= 0.3 is 0 Å². The second kappa shape index (κ2) is 7.02. The first-order chi connectivity index (χ1) is 6.52. The molecular weight excluding hydrogens is 176 g/mol. The van der Waals surface area contributed by atoms with Crippen LogP contribution in [-0.2, 0) is 9.47 Å². The summed E-state index contributed by atoms with van der Waals surface area (Å²) in [6.07, 6.45) is 5.45. The van der Waals surface area contributed by atoms with Crippen molar-refractivity contribution < 1.29 is 9.47 Å². The summed E-state index contributed by atoms with van der Waals surface area (Å²) in [6, 6.07) is 0. The quantitative estimate of drug-likeness (QED) is 0.588. The molecule has 0 amide bonds. The van der Waals surface area contributed by atoms with E-state index in [0.717, 1.165) is 25.9 Å². The minimum absolute atomic E-state index is 0.00195. The predicted octanol–water partition coefficient (Wildman–Crippen LogP) is 3.17. The molecule has 0 fully saturated rings. The second-order valence-corrected chi connectivity index (χ2v) is 4.30. The van der Waals surface area contributed by atoms with E-state index in [-0.39, 0.29) is 5.60 Å². The van der Waals surface area contributed by atoms with E-state index in [1.165, 1.54) is 5.57 Å². The molecule has 0 aliphatic heterocycles. The molecule has 14 heavy (non-hydrogen) atoms. The summed E-state index contributed by atoms with van der Waals surface area (Å²) in [5.74, 6) is 0. The van der Waals surface area contributed by atoms with E-state index in [4.69, 9.17) is 9.47 Å². The summed E-state index contributed by atoms with van der Waals surface area (Å²) in [5.41, 5.74) is 1.40. The molecule has 0 aromatic heterocycles. The molecule has 0 aliphatic carbocycles. The van der Waals surface area contributed by atoms with Crippen LogP contribution in [0.3, 0.4) is 0 Å². The smallest absolute Gasteiger partial charge is 0.0625 e. The largest absolute Gasteiger partial charge is 0.384 e. The second-order valence-electron chi connectivity index (χ2n) is 4.30. The monoisotopic (exact) mass is 200 g/mol. The van der Waals surface area contributed by atoms with Gasteiger partial charge < -0.3 is 9.47 Å².